The molecule has 0 radical (unpaired) electrons. The molecule has 1 aromatic carbocycles. The van der Waals surface area contributed by atoms with Crippen LogP contribution in [0.4, 0.5) is 5.82 Å². The molecule has 1 aromatic heterocycles. The molecule has 21 heavy (non-hydrogen) atoms. The van der Waals surface area contributed by atoms with E-state index in [4.69, 9.17) is 15.2 Å². The largest absolute Gasteiger partial charge is 0.490 e. The Hall–Kier alpha value is -2.43. The van der Waals surface area contributed by atoms with E-state index in [1.54, 1.807) is 0 Å². The number of allylic oxidation sites excluding steroid dienone is 1. The van der Waals surface area contributed by atoms with Crippen LogP contribution in [0.1, 0.15) is 12.2 Å². The molecule has 0 saturated carbocycles. The lowest BCUT2D eigenvalue weighted by Gasteiger charge is -2.09. The lowest BCUT2D eigenvalue weighted by molar-refractivity contribution is 0.297. The van der Waals surface area contributed by atoms with E-state index in [1.807, 2.05) is 35.8 Å². The predicted molar refractivity (Wildman–Crippen MR) is 82.6 cm³/mol. The van der Waals surface area contributed by atoms with Crippen molar-refractivity contribution in [1.29, 1.82) is 0 Å². The van der Waals surface area contributed by atoms with Gasteiger partial charge in [0.1, 0.15) is 17.3 Å². The number of imidazole rings is 1. The average Bonchev–Trinajstić information content (AvgIpc) is 2.69. The standard InChI is InChI=1S/C16H19N3O2/c1-3-7-19-11(2)18-15(16(19)17)12-5-6-13-14(10-12)21-9-4-8-20-13/h3,5-6,10H,1,4,7-9,17H2,2H3. The van der Waals surface area contributed by atoms with Gasteiger partial charge >= 0.3 is 0 Å². The highest BCUT2D eigenvalue weighted by molar-refractivity contribution is 5.73. The van der Waals surface area contributed by atoms with Crippen LogP contribution in [-0.4, -0.2) is 22.8 Å². The second-order valence-electron chi connectivity index (χ2n) is 5.00. The summed E-state index contributed by atoms with van der Waals surface area (Å²) in [5.41, 5.74) is 7.91. The third-order valence-electron chi connectivity index (χ3n) is 3.53. The molecule has 1 aliphatic rings. The van der Waals surface area contributed by atoms with Crippen molar-refractivity contribution in [2.75, 3.05) is 18.9 Å². The minimum atomic E-state index is 0.641. The van der Waals surface area contributed by atoms with Gasteiger partial charge in [0.25, 0.3) is 0 Å². The van der Waals surface area contributed by atoms with Crippen molar-refractivity contribution in [3.8, 4) is 22.8 Å². The van der Waals surface area contributed by atoms with E-state index < -0.39 is 0 Å². The Bertz CT molecular complexity index is 676. The molecule has 1 aliphatic heterocycles. The maximum atomic E-state index is 6.21. The highest BCUT2D eigenvalue weighted by Crippen LogP contribution is 2.35. The minimum Gasteiger partial charge on any atom is -0.490 e. The summed E-state index contributed by atoms with van der Waals surface area (Å²) in [5.74, 6) is 3.04. The normalized spacial score (nSPS) is 13.8. The Morgan fingerprint density at radius 1 is 1.33 bits per heavy atom. The molecular formula is C16H19N3O2. The first kappa shape index (κ1) is 13.5. The van der Waals surface area contributed by atoms with E-state index in [0.29, 0.717) is 25.6 Å². The van der Waals surface area contributed by atoms with Gasteiger partial charge in [-0.3, -0.25) is 0 Å². The van der Waals surface area contributed by atoms with Crippen molar-refractivity contribution >= 4 is 5.82 Å². The molecule has 5 heteroatoms. The number of ether oxygens (including phenoxy) is 2. The third-order valence-corrected chi connectivity index (χ3v) is 3.53. The molecule has 0 aliphatic carbocycles. The summed E-state index contributed by atoms with van der Waals surface area (Å²) in [6, 6.07) is 5.82. The summed E-state index contributed by atoms with van der Waals surface area (Å²) < 4.78 is 13.3. The van der Waals surface area contributed by atoms with Gasteiger partial charge in [-0.1, -0.05) is 6.08 Å². The van der Waals surface area contributed by atoms with Crippen LogP contribution in [-0.2, 0) is 6.54 Å². The molecule has 2 aromatic rings. The second kappa shape index (κ2) is 5.52. The molecule has 0 amide bonds. The fourth-order valence-corrected chi connectivity index (χ4v) is 2.46. The first-order valence-electron chi connectivity index (χ1n) is 7.04. The number of fused-ring (bicyclic) bond motifs is 1. The zero-order valence-electron chi connectivity index (χ0n) is 12.1. The fraction of sp³-hybridized carbons (Fsp3) is 0.312. The summed E-state index contributed by atoms with van der Waals surface area (Å²) in [6.45, 7) is 7.68. The summed E-state index contributed by atoms with van der Waals surface area (Å²) in [7, 11) is 0. The quantitative estimate of drug-likeness (QED) is 0.881. The third kappa shape index (κ3) is 2.46. The van der Waals surface area contributed by atoms with E-state index in [-0.39, 0.29) is 0 Å². The van der Waals surface area contributed by atoms with Crippen LogP contribution in [0.5, 0.6) is 11.5 Å². The lowest BCUT2D eigenvalue weighted by Crippen LogP contribution is -2.03. The van der Waals surface area contributed by atoms with Crippen LogP contribution in [0.3, 0.4) is 0 Å². The summed E-state index contributed by atoms with van der Waals surface area (Å²) in [4.78, 5) is 4.57. The Morgan fingerprint density at radius 3 is 2.86 bits per heavy atom. The first-order valence-corrected chi connectivity index (χ1v) is 7.04. The number of nitrogens with zero attached hydrogens (tertiary/aromatic N) is 2. The molecule has 3 rings (SSSR count). The summed E-state index contributed by atoms with van der Waals surface area (Å²) in [6.07, 6.45) is 2.70. The van der Waals surface area contributed by atoms with Gasteiger partial charge in [-0.15, -0.1) is 6.58 Å². The van der Waals surface area contributed by atoms with Gasteiger partial charge in [-0.05, 0) is 25.1 Å². The Morgan fingerprint density at radius 2 is 2.10 bits per heavy atom. The predicted octanol–water partition coefficient (Wildman–Crippen LogP) is 2.79. The average molecular weight is 285 g/mol. The van der Waals surface area contributed by atoms with Crippen molar-refractivity contribution in [1.82, 2.24) is 9.55 Å². The van der Waals surface area contributed by atoms with Crippen LogP contribution in [0.2, 0.25) is 0 Å². The summed E-state index contributed by atoms with van der Waals surface area (Å²) >= 11 is 0. The van der Waals surface area contributed by atoms with Gasteiger partial charge in [0.05, 0.1) is 13.2 Å². The lowest BCUT2D eigenvalue weighted by atomic mass is 10.1. The number of nitrogen functional groups attached to an aromatic ring is 1. The van der Waals surface area contributed by atoms with Gasteiger partial charge in [0.2, 0.25) is 0 Å². The smallest absolute Gasteiger partial charge is 0.161 e. The van der Waals surface area contributed by atoms with Crippen LogP contribution in [0.25, 0.3) is 11.3 Å². The van der Waals surface area contributed by atoms with Crippen molar-refractivity contribution in [2.45, 2.75) is 19.9 Å². The number of benzene rings is 1. The molecule has 0 unspecified atom stereocenters. The number of aromatic nitrogens is 2. The molecule has 0 saturated heterocycles. The van der Waals surface area contributed by atoms with E-state index in [9.17, 15) is 0 Å². The molecule has 0 fully saturated rings. The van der Waals surface area contributed by atoms with Gasteiger partial charge < -0.3 is 19.8 Å². The molecule has 0 spiro atoms. The Balaban J connectivity index is 2.03. The molecule has 2 heterocycles. The second-order valence-corrected chi connectivity index (χ2v) is 5.00. The van der Waals surface area contributed by atoms with Gasteiger partial charge in [-0.25, -0.2) is 4.98 Å². The van der Waals surface area contributed by atoms with Crippen molar-refractivity contribution < 1.29 is 9.47 Å². The SMILES string of the molecule is C=CCn1c(C)nc(-c2ccc3c(c2)OCCCO3)c1N. The Kier molecular flexibility index (Phi) is 3.56. The zero-order chi connectivity index (χ0) is 14.8. The Labute approximate surface area is 124 Å². The molecule has 0 bridgehead atoms. The van der Waals surface area contributed by atoms with E-state index in [2.05, 4.69) is 11.6 Å². The molecule has 5 nitrogen and oxygen atoms in total. The highest BCUT2D eigenvalue weighted by atomic mass is 16.5. The minimum absolute atomic E-state index is 0.641. The number of anilines is 1. The molecule has 2 N–H and O–H groups in total. The van der Waals surface area contributed by atoms with Crippen LogP contribution in [0, 0.1) is 6.92 Å². The maximum Gasteiger partial charge on any atom is 0.161 e. The van der Waals surface area contributed by atoms with Gasteiger partial charge in [0.15, 0.2) is 11.5 Å². The topological polar surface area (TPSA) is 62.3 Å². The molecule has 0 atom stereocenters. The number of hydrogen-bond acceptors (Lipinski definition) is 4. The van der Waals surface area contributed by atoms with E-state index in [0.717, 1.165) is 35.0 Å². The van der Waals surface area contributed by atoms with Gasteiger partial charge in [0, 0.05) is 18.5 Å². The number of hydrogen-bond donors (Lipinski definition) is 1. The number of nitrogens with two attached hydrogens (primary N) is 1. The van der Waals surface area contributed by atoms with Crippen LogP contribution < -0.4 is 15.2 Å². The van der Waals surface area contributed by atoms with Crippen LogP contribution in [0.15, 0.2) is 30.9 Å². The van der Waals surface area contributed by atoms with Crippen molar-refractivity contribution in [3.63, 3.8) is 0 Å². The first-order chi connectivity index (χ1) is 10.2. The molecule has 110 valence electrons. The summed E-state index contributed by atoms with van der Waals surface area (Å²) in [5, 5.41) is 0. The van der Waals surface area contributed by atoms with E-state index in [1.165, 1.54) is 0 Å². The highest BCUT2D eigenvalue weighted by Gasteiger charge is 2.16. The van der Waals surface area contributed by atoms with Crippen molar-refractivity contribution in [2.24, 2.45) is 0 Å². The van der Waals surface area contributed by atoms with Crippen molar-refractivity contribution in [3.05, 3.63) is 36.7 Å². The number of rotatable bonds is 3. The fourth-order valence-electron chi connectivity index (χ4n) is 2.46. The molecular weight excluding hydrogens is 266 g/mol. The maximum absolute atomic E-state index is 6.21. The van der Waals surface area contributed by atoms with Crippen LogP contribution >= 0.6 is 0 Å². The number of aryl methyl sites for hydroxylation is 1. The van der Waals surface area contributed by atoms with E-state index >= 15 is 0 Å². The monoisotopic (exact) mass is 285 g/mol. The zero-order valence-corrected chi connectivity index (χ0v) is 12.1. The van der Waals surface area contributed by atoms with Gasteiger partial charge in [-0.2, -0.15) is 0 Å².